The van der Waals surface area contributed by atoms with Crippen LogP contribution in [0.5, 0.6) is 11.5 Å². The predicted octanol–water partition coefficient (Wildman–Crippen LogP) is 3.36. The van der Waals surface area contributed by atoms with Crippen molar-refractivity contribution in [1.82, 2.24) is 9.55 Å². The number of hydrogen-bond donors (Lipinski definition) is 0. The third-order valence-corrected chi connectivity index (χ3v) is 3.16. The number of hydrogen-bond acceptors (Lipinski definition) is 4. The summed E-state index contributed by atoms with van der Waals surface area (Å²) in [5, 5.41) is 0. The van der Waals surface area contributed by atoms with E-state index in [2.05, 4.69) is 4.98 Å². The number of halogens is 3. The van der Waals surface area contributed by atoms with E-state index in [1.54, 1.807) is 12.1 Å². The van der Waals surface area contributed by atoms with Crippen molar-refractivity contribution < 1.29 is 27.4 Å². The van der Waals surface area contributed by atoms with E-state index in [9.17, 15) is 18.0 Å². The number of nitrogens with zero attached hydrogens (tertiary/aromatic N) is 2. The van der Waals surface area contributed by atoms with Crippen LogP contribution in [-0.2, 0) is 6.54 Å². The van der Waals surface area contributed by atoms with Gasteiger partial charge in [-0.1, -0.05) is 0 Å². The van der Waals surface area contributed by atoms with Crippen molar-refractivity contribution in [2.75, 3.05) is 14.2 Å². The number of methoxy groups -OCH3 is 2. The lowest BCUT2D eigenvalue weighted by Gasteiger charge is -2.09. The van der Waals surface area contributed by atoms with Crippen LogP contribution in [0.25, 0.3) is 6.08 Å². The van der Waals surface area contributed by atoms with Crippen LogP contribution in [0, 0.1) is 0 Å². The summed E-state index contributed by atoms with van der Waals surface area (Å²) < 4.78 is 48.5. The molecule has 1 heterocycles. The van der Waals surface area contributed by atoms with Gasteiger partial charge >= 0.3 is 6.18 Å². The molecule has 0 aliphatic carbocycles. The van der Waals surface area contributed by atoms with Gasteiger partial charge in [-0.25, -0.2) is 4.98 Å². The largest absolute Gasteiger partial charge is 0.497 e. The highest BCUT2D eigenvalue weighted by Gasteiger charge is 2.28. The molecular weight excluding hydrogens is 325 g/mol. The van der Waals surface area contributed by atoms with Crippen molar-refractivity contribution in [3.63, 3.8) is 0 Å². The molecule has 5 nitrogen and oxygen atoms in total. The van der Waals surface area contributed by atoms with Crippen LogP contribution in [-0.4, -0.2) is 35.7 Å². The Labute approximate surface area is 136 Å². The monoisotopic (exact) mass is 340 g/mol. The van der Waals surface area contributed by atoms with Gasteiger partial charge in [0.05, 0.1) is 19.8 Å². The maximum absolute atomic E-state index is 12.5. The molecule has 0 spiro atoms. The summed E-state index contributed by atoms with van der Waals surface area (Å²) in [6, 6.07) is 4.66. The van der Waals surface area contributed by atoms with Crippen molar-refractivity contribution >= 4 is 11.9 Å². The zero-order chi connectivity index (χ0) is 17.7. The van der Waals surface area contributed by atoms with Gasteiger partial charge in [-0.05, 0) is 24.3 Å². The summed E-state index contributed by atoms with van der Waals surface area (Å²) in [4.78, 5) is 16.1. The van der Waals surface area contributed by atoms with Crippen LogP contribution in [0.15, 0.2) is 36.7 Å². The van der Waals surface area contributed by atoms with Crippen LogP contribution in [0.2, 0.25) is 0 Å². The van der Waals surface area contributed by atoms with Crippen LogP contribution >= 0.6 is 0 Å². The number of imidazole rings is 1. The highest BCUT2D eigenvalue weighted by molar-refractivity contribution is 6.08. The minimum atomic E-state index is -4.37. The van der Waals surface area contributed by atoms with E-state index < -0.39 is 18.5 Å². The molecule has 0 saturated carbocycles. The summed E-state index contributed by atoms with van der Waals surface area (Å²) in [5.74, 6) is 0.444. The number of alkyl halides is 3. The van der Waals surface area contributed by atoms with Crippen molar-refractivity contribution in [2.24, 2.45) is 0 Å². The third kappa shape index (κ3) is 4.37. The van der Waals surface area contributed by atoms with E-state index in [4.69, 9.17) is 9.47 Å². The van der Waals surface area contributed by atoms with Crippen molar-refractivity contribution in [1.29, 1.82) is 0 Å². The number of rotatable bonds is 6. The Morgan fingerprint density at radius 1 is 1.29 bits per heavy atom. The molecule has 2 aromatic rings. The van der Waals surface area contributed by atoms with E-state index in [0.29, 0.717) is 11.5 Å². The summed E-state index contributed by atoms with van der Waals surface area (Å²) in [5.41, 5.74) is 0.267. The fourth-order valence-electron chi connectivity index (χ4n) is 2.05. The standard InChI is InChI=1S/C16H15F3N2O3/c1-23-11-3-4-12(14(9-11)24-2)13(22)5-6-15-20-7-8-21(15)10-16(17,18)19/h3-9H,10H2,1-2H3/b6-5+. The first-order chi connectivity index (χ1) is 11.3. The van der Waals surface area contributed by atoms with Crippen LogP contribution in [0.4, 0.5) is 13.2 Å². The molecule has 0 saturated heterocycles. The van der Waals surface area contributed by atoms with Gasteiger partial charge < -0.3 is 14.0 Å². The van der Waals surface area contributed by atoms with Gasteiger partial charge in [0, 0.05) is 18.5 Å². The molecule has 0 aliphatic heterocycles. The Morgan fingerprint density at radius 3 is 2.67 bits per heavy atom. The van der Waals surface area contributed by atoms with Gasteiger partial charge in [-0.3, -0.25) is 4.79 Å². The molecule has 0 radical (unpaired) electrons. The molecule has 0 amide bonds. The van der Waals surface area contributed by atoms with Gasteiger partial charge in [-0.2, -0.15) is 13.2 Å². The second-order valence-corrected chi connectivity index (χ2v) is 4.79. The van der Waals surface area contributed by atoms with Crippen LogP contribution in [0.1, 0.15) is 16.2 Å². The number of aromatic nitrogens is 2. The Kier molecular flexibility index (Phi) is 5.28. The first kappa shape index (κ1) is 17.6. The van der Waals surface area contributed by atoms with Crippen LogP contribution < -0.4 is 9.47 Å². The van der Waals surface area contributed by atoms with Crippen molar-refractivity contribution in [2.45, 2.75) is 12.7 Å². The molecule has 128 valence electrons. The van der Waals surface area contributed by atoms with E-state index in [0.717, 1.165) is 10.6 Å². The smallest absolute Gasteiger partial charge is 0.406 e. The van der Waals surface area contributed by atoms with Crippen molar-refractivity contribution in [3.05, 3.63) is 48.1 Å². The first-order valence-electron chi connectivity index (χ1n) is 6.86. The zero-order valence-electron chi connectivity index (χ0n) is 13.0. The minimum Gasteiger partial charge on any atom is -0.497 e. The molecule has 0 bridgehead atoms. The second kappa shape index (κ2) is 7.20. The SMILES string of the molecule is COc1ccc(C(=O)/C=C/c2nccn2CC(F)(F)F)c(OC)c1. The highest BCUT2D eigenvalue weighted by atomic mass is 19.4. The lowest BCUT2D eigenvalue weighted by Crippen LogP contribution is -2.18. The summed E-state index contributed by atoms with van der Waals surface area (Å²) in [6.07, 6.45) is 0.458. The number of carbonyl (C=O) groups excluding carboxylic acids is 1. The van der Waals surface area contributed by atoms with E-state index in [1.807, 2.05) is 0 Å². The van der Waals surface area contributed by atoms with Gasteiger partial charge in [0.25, 0.3) is 0 Å². The maximum atomic E-state index is 12.5. The molecule has 0 unspecified atom stereocenters. The topological polar surface area (TPSA) is 53.3 Å². The minimum absolute atomic E-state index is 0.0353. The maximum Gasteiger partial charge on any atom is 0.406 e. The molecule has 8 heteroatoms. The Bertz CT molecular complexity index is 751. The summed E-state index contributed by atoms with van der Waals surface area (Å²) in [7, 11) is 2.89. The number of carbonyl (C=O) groups is 1. The normalized spacial score (nSPS) is 11.7. The Morgan fingerprint density at radius 2 is 2.04 bits per heavy atom. The Balaban J connectivity index is 2.21. The Hall–Kier alpha value is -2.77. The molecular formula is C16H15F3N2O3. The molecule has 0 N–H and O–H groups in total. The molecule has 1 aromatic carbocycles. The molecule has 0 fully saturated rings. The number of ketones is 1. The van der Waals surface area contributed by atoms with Gasteiger partial charge in [0.1, 0.15) is 23.9 Å². The second-order valence-electron chi connectivity index (χ2n) is 4.79. The quantitative estimate of drug-likeness (QED) is 0.598. The van der Waals surface area contributed by atoms with E-state index >= 15 is 0 Å². The van der Waals surface area contributed by atoms with E-state index in [-0.39, 0.29) is 11.4 Å². The van der Waals surface area contributed by atoms with Gasteiger partial charge in [0.15, 0.2) is 5.78 Å². The third-order valence-electron chi connectivity index (χ3n) is 3.16. The first-order valence-corrected chi connectivity index (χ1v) is 6.86. The zero-order valence-corrected chi connectivity index (χ0v) is 13.0. The fourth-order valence-corrected chi connectivity index (χ4v) is 2.05. The molecule has 0 aliphatic rings. The number of allylic oxidation sites excluding steroid dienone is 1. The van der Waals surface area contributed by atoms with Gasteiger partial charge in [-0.15, -0.1) is 0 Å². The predicted molar refractivity (Wildman–Crippen MR) is 81.2 cm³/mol. The highest BCUT2D eigenvalue weighted by Crippen LogP contribution is 2.25. The summed E-state index contributed by atoms with van der Waals surface area (Å²) in [6.45, 7) is -1.17. The molecule has 0 atom stereocenters. The molecule has 24 heavy (non-hydrogen) atoms. The van der Waals surface area contributed by atoms with E-state index in [1.165, 1.54) is 38.8 Å². The molecule has 2 rings (SSSR count). The lowest BCUT2D eigenvalue weighted by molar-refractivity contribution is -0.140. The van der Waals surface area contributed by atoms with Crippen LogP contribution in [0.3, 0.4) is 0 Å². The van der Waals surface area contributed by atoms with Gasteiger partial charge in [0.2, 0.25) is 0 Å². The summed E-state index contributed by atoms with van der Waals surface area (Å²) >= 11 is 0. The fraction of sp³-hybridized carbons (Fsp3) is 0.250. The average molecular weight is 340 g/mol. The van der Waals surface area contributed by atoms with Crippen molar-refractivity contribution in [3.8, 4) is 11.5 Å². The lowest BCUT2D eigenvalue weighted by atomic mass is 10.1. The average Bonchev–Trinajstić information content (AvgIpc) is 2.97. The number of ether oxygens (including phenoxy) is 2. The molecule has 1 aromatic heterocycles. The number of benzene rings is 1.